The van der Waals surface area contributed by atoms with Gasteiger partial charge < -0.3 is 19.0 Å². The van der Waals surface area contributed by atoms with Gasteiger partial charge in [-0.1, -0.05) is 0 Å². The third-order valence-electron chi connectivity index (χ3n) is 6.28. The Morgan fingerprint density at radius 2 is 1.88 bits per heavy atom. The van der Waals surface area contributed by atoms with Crippen LogP contribution >= 0.6 is 0 Å². The highest BCUT2D eigenvalue weighted by atomic mass is 32.2. The highest BCUT2D eigenvalue weighted by molar-refractivity contribution is 7.93. The number of nitrogens with one attached hydrogen (secondary N) is 1. The SMILES string of the molecule is CCOc1nn(CC)cc1S(=O)(=O)N1c2cc(NC(=O)OC(C)(C)C(F)(F)F)ccc2O[C@@H](CCC(C)=O)[C@H]1C. The molecule has 0 unspecified atom stereocenters. The van der Waals surface area contributed by atoms with Crippen LogP contribution in [0, 0.1) is 0 Å². The number of carbonyl (C=O) groups is 2. The molecule has 40 heavy (non-hydrogen) atoms. The van der Waals surface area contributed by atoms with E-state index in [9.17, 15) is 31.2 Å². The van der Waals surface area contributed by atoms with E-state index in [-0.39, 0.29) is 53.1 Å². The van der Waals surface area contributed by atoms with Gasteiger partial charge in [-0.05, 0) is 66.2 Å². The molecule has 0 aliphatic carbocycles. The van der Waals surface area contributed by atoms with Crippen LogP contribution in [0.15, 0.2) is 29.3 Å². The standard InChI is InChI=1S/C25H33F3N4O7S/c1-7-31-14-21(22(30-31)37-8-2)40(35,36)32-16(4)19(11-9-15(3)33)38-20-12-10-17(13-18(20)32)29-23(34)39-24(5,6)25(26,27)28/h10,12-14,16,19H,7-9,11H2,1-6H3,(H,29,34)/t16-,19+/m1/s1. The van der Waals surface area contributed by atoms with Crippen molar-refractivity contribution in [2.24, 2.45) is 0 Å². The summed E-state index contributed by atoms with van der Waals surface area (Å²) in [5.41, 5.74) is -2.78. The van der Waals surface area contributed by atoms with Gasteiger partial charge in [-0.25, -0.2) is 13.2 Å². The number of ether oxygens (including phenoxy) is 3. The largest absolute Gasteiger partial charge is 0.486 e. The topological polar surface area (TPSA) is 129 Å². The van der Waals surface area contributed by atoms with Gasteiger partial charge in [-0.15, -0.1) is 5.10 Å². The minimum Gasteiger partial charge on any atom is -0.486 e. The number of anilines is 2. The first-order valence-electron chi connectivity index (χ1n) is 12.6. The number of carbonyl (C=O) groups excluding carboxylic acids is 2. The number of hydrogen-bond donors (Lipinski definition) is 1. The molecule has 1 aliphatic heterocycles. The molecule has 222 valence electrons. The molecule has 0 spiro atoms. The molecule has 0 bridgehead atoms. The third-order valence-corrected chi connectivity index (χ3v) is 8.16. The summed E-state index contributed by atoms with van der Waals surface area (Å²) in [4.78, 5) is 23.8. The van der Waals surface area contributed by atoms with Crippen LogP contribution in [-0.4, -0.2) is 60.6 Å². The molecule has 0 radical (unpaired) electrons. The van der Waals surface area contributed by atoms with E-state index in [2.05, 4.69) is 15.2 Å². The molecular weight excluding hydrogens is 557 g/mol. The maximum absolute atomic E-state index is 14.1. The lowest BCUT2D eigenvalue weighted by molar-refractivity contribution is -0.242. The maximum atomic E-state index is 14.1. The second-order valence-electron chi connectivity index (χ2n) is 9.73. The van der Waals surface area contributed by atoms with Gasteiger partial charge >= 0.3 is 12.3 Å². The van der Waals surface area contributed by atoms with Crippen molar-refractivity contribution < 1.29 is 45.4 Å². The number of halogens is 3. The predicted molar refractivity (Wildman–Crippen MR) is 139 cm³/mol. The van der Waals surface area contributed by atoms with E-state index in [0.29, 0.717) is 20.4 Å². The number of alkyl halides is 3. The maximum Gasteiger partial charge on any atom is 0.427 e. The number of sulfonamides is 1. The molecule has 0 saturated carbocycles. The van der Waals surface area contributed by atoms with Crippen LogP contribution in [0.4, 0.5) is 29.3 Å². The molecular formula is C25H33F3N4O7S. The van der Waals surface area contributed by atoms with E-state index < -0.39 is 40.0 Å². The molecule has 1 amide bonds. The van der Waals surface area contributed by atoms with E-state index in [0.717, 1.165) is 4.31 Å². The smallest absolute Gasteiger partial charge is 0.427 e. The Balaban J connectivity index is 2.07. The zero-order chi connectivity index (χ0) is 30.0. The van der Waals surface area contributed by atoms with E-state index in [1.165, 1.54) is 36.0 Å². The van der Waals surface area contributed by atoms with Crippen LogP contribution in [0.3, 0.4) is 0 Å². The molecule has 2 heterocycles. The lowest BCUT2D eigenvalue weighted by Crippen LogP contribution is -2.51. The fourth-order valence-corrected chi connectivity index (χ4v) is 5.76. The average Bonchev–Trinajstić information content (AvgIpc) is 3.25. The van der Waals surface area contributed by atoms with Crippen molar-refractivity contribution in [3.63, 3.8) is 0 Å². The Kier molecular flexibility index (Phi) is 8.96. The number of nitrogens with zero attached hydrogens (tertiary/aromatic N) is 3. The zero-order valence-corrected chi connectivity index (χ0v) is 23.9. The number of amides is 1. The number of Topliss-reactive ketones (excluding diaryl/α,β-unsaturated/α-hetero) is 1. The van der Waals surface area contributed by atoms with E-state index in [1.807, 2.05) is 0 Å². The van der Waals surface area contributed by atoms with Crippen LogP contribution in [0.25, 0.3) is 0 Å². The monoisotopic (exact) mass is 590 g/mol. The fourth-order valence-electron chi connectivity index (χ4n) is 3.99. The van der Waals surface area contributed by atoms with Crippen molar-refractivity contribution in [2.75, 3.05) is 16.2 Å². The number of rotatable bonds is 10. The Labute approximate surface area is 230 Å². The average molecular weight is 591 g/mol. The van der Waals surface area contributed by atoms with Crippen LogP contribution in [0.5, 0.6) is 11.6 Å². The van der Waals surface area contributed by atoms with Gasteiger partial charge in [-0.2, -0.15) is 13.2 Å². The summed E-state index contributed by atoms with van der Waals surface area (Å²) in [5.74, 6) is -0.0681. The van der Waals surface area contributed by atoms with Crippen molar-refractivity contribution in [1.29, 1.82) is 0 Å². The highest BCUT2D eigenvalue weighted by Crippen LogP contribution is 2.43. The first-order chi connectivity index (χ1) is 18.5. The second kappa shape index (κ2) is 11.6. The Morgan fingerprint density at radius 1 is 1.20 bits per heavy atom. The number of aryl methyl sites for hydroxylation is 1. The number of benzene rings is 1. The normalized spacial score (nSPS) is 17.6. The number of fused-ring (bicyclic) bond motifs is 1. The summed E-state index contributed by atoms with van der Waals surface area (Å²) in [6.07, 6.45) is -5.19. The van der Waals surface area contributed by atoms with Crippen LogP contribution < -0.4 is 19.1 Å². The van der Waals surface area contributed by atoms with Gasteiger partial charge in [0.1, 0.15) is 17.6 Å². The molecule has 1 aromatic carbocycles. The Bertz CT molecular complexity index is 1360. The van der Waals surface area contributed by atoms with Crippen LogP contribution in [0.2, 0.25) is 0 Å². The molecule has 11 nitrogen and oxygen atoms in total. The number of hydrogen-bond acceptors (Lipinski definition) is 8. The fraction of sp³-hybridized carbons (Fsp3) is 0.560. The molecule has 0 saturated heterocycles. The van der Waals surface area contributed by atoms with Gasteiger partial charge in [-0.3, -0.25) is 14.3 Å². The first kappa shape index (κ1) is 31.0. The first-order valence-corrected chi connectivity index (χ1v) is 14.1. The van der Waals surface area contributed by atoms with E-state index >= 15 is 0 Å². The number of ketones is 1. The molecule has 2 atom stereocenters. The molecule has 1 aromatic heterocycles. The molecule has 1 N–H and O–H groups in total. The summed E-state index contributed by atoms with van der Waals surface area (Å²) < 4.78 is 86.4. The van der Waals surface area contributed by atoms with Crippen molar-refractivity contribution >= 4 is 33.3 Å². The molecule has 2 aromatic rings. The van der Waals surface area contributed by atoms with Crippen molar-refractivity contribution in [2.45, 2.75) is 89.7 Å². The molecule has 0 fully saturated rings. The molecule has 3 rings (SSSR count). The zero-order valence-electron chi connectivity index (χ0n) is 23.0. The Morgan fingerprint density at radius 3 is 2.45 bits per heavy atom. The van der Waals surface area contributed by atoms with Crippen LogP contribution in [-0.2, 0) is 26.1 Å². The van der Waals surface area contributed by atoms with Crippen LogP contribution in [0.1, 0.15) is 54.4 Å². The lowest BCUT2D eigenvalue weighted by Gasteiger charge is -2.41. The van der Waals surface area contributed by atoms with Gasteiger partial charge in [0.05, 0.1) is 18.3 Å². The van der Waals surface area contributed by atoms with Gasteiger partial charge in [0.2, 0.25) is 5.60 Å². The summed E-state index contributed by atoms with van der Waals surface area (Å²) >= 11 is 0. The van der Waals surface area contributed by atoms with Gasteiger partial charge in [0.15, 0.2) is 4.90 Å². The Hall–Kier alpha value is -3.49. The van der Waals surface area contributed by atoms with Gasteiger partial charge in [0, 0.05) is 24.8 Å². The molecule has 15 heteroatoms. The number of aromatic nitrogens is 2. The van der Waals surface area contributed by atoms with Crippen molar-refractivity contribution in [3.8, 4) is 11.6 Å². The van der Waals surface area contributed by atoms with Crippen molar-refractivity contribution in [3.05, 3.63) is 24.4 Å². The van der Waals surface area contributed by atoms with Gasteiger partial charge in [0.25, 0.3) is 15.9 Å². The summed E-state index contributed by atoms with van der Waals surface area (Å²) in [6.45, 7) is 8.43. The predicted octanol–water partition coefficient (Wildman–Crippen LogP) is 4.91. The summed E-state index contributed by atoms with van der Waals surface area (Å²) in [6, 6.07) is 3.15. The summed E-state index contributed by atoms with van der Waals surface area (Å²) in [5, 5.41) is 6.42. The lowest BCUT2D eigenvalue weighted by atomic mass is 10.0. The quantitative estimate of drug-likeness (QED) is 0.414. The molecule has 1 aliphatic rings. The highest BCUT2D eigenvalue weighted by Gasteiger charge is 2.51. The van der Waals surface area contributed by atoms with Crippen molar-refractivity contribution in [1.82, 2.24) is 9.78 Å². The van der Waals surface area contributed by atoms with E-state index in [4.69, 9.17) is 9.47 Å². The third kappa shape index (κ3) is 6.45. The summed E-state index contributed by atoms with van der Waals surface area (Å²) in [7, 11) is -4.36. The second-order valence-corrected chi connectivity index (χ2v) is 11.5. The minimum absolute atomic E-state index is 0.0196. The van der Waals surface area contributed by atoms with E-state index in [1.54, 1.807) is 20.8 Å². The minimum atomic E-state index is -4.82.